The zero-order valence-corrected chi connectivity index (χ0v) is 15.0. The number of hydrogen-bond acceptors (Lipinski definition) is 4. The normalized spacial score (nSPS) is 10.6. The number of rotatable bonds is 13. The Morgan fingerprint density at radius 1 is 0.760 bits per heavy atom. The molecule has 0 aliphatic carbocycles. The molecule has 4 nitrogen and oxygen atoms in total. The second-order valence-corrected chi connectivity index (χ2v) is 6.10. The third kappa shape index (κ3) is 7.04. The topological polar surface area (TPSA) is 44.8 Å². The van der Waals surface area contributed by atoms with Crippen molar-refractivity contribution in [3.8, 4) is 11.5 Å². The van der Waals surface area contributed by atoms with Gasteiger partial charge < -0.3 is 14.2 Å². The number of carbonyl (C=O) groups is 1. The molecule has 0 amide bonds. The van der Waals surface area contributed by atoms with E-state index in [0.29, 0.717) is 19.7 Å². The Morgan fingerprint density at radius 2 is 1.32 bits per heavy atom. The van der Waals surface area contributed by atoms with Crippen LogP contribution in [-0.2, 0) is 9.53 Å². The minimum absolute atomic E-state index is 0.503. The van der Waals surface area contributed by atoms with Gasteiger partial charge in [0.25, 0.3) is 6.47 Å². The summed E-state index contributed by atoms with van der Waals surface area (Å²) in [6.07, 6.45) is 6.26. The van der Waals surface area contributed by atoms with Gasteiger partial charge in [0, 0.05) is 0 Å². The van der Waals surface area contributed by atoms with Crippen molar-refractivity contribution in [1.82, 2.24) is 0 Å². The van der Waals surface area contributed by atoms with E-state index in [9.17, 15) is 4.79 Å². The minimum atomic E-state index is 0.503. The Morgan fingerprint density at radius 3 is 1.88 bits per heavy atom. The Balaban J connectivity index is 1.75. The van der Waals surface area contributed by atoms with Gasteiger partial charge in [0.05, 0.1) is 19.8 Å². The standard InChI is InChI=1S/C21H28O4/c1-2-3-13-24-20-10-8-19-16-21(11-9-18(19)15-20)25-14-7-5-4-6-12-23-17-22/h8-11,15-17H,2-7,12-14H2,1H3. The van der Waals surface area contributed by atoms with Crippen LogP contribution in [0.15, 0.2) is 36.4 Å². The quantitative estimate of drug-likeness (QED) is 0.373. The van der Waals surface area contributed by atoms with Gasteiger partial charge in [-0.1, -0.05) is 25.5 Å². The lowest BCUT2D eigenvalue weighted by Gasteiger charge is -2.09. The number of benzene rings is 2. The van der Waals surface area contributed by atoms with Crippen LogP contribution in [0.5, 0.6) is 11.5 Å². The number of hydrogen-bond donors (Lipinski definition) is 0. The first-order valence-corrected chi connectivity index (χ1v) is 9.18. The molecule has 0 aromatic heterocycles. The van der Waals surface area contributed by atoms with Gasteiger partial charge in [-0.15, -0.1) is 0 Å². The van der Waals surface area contributed by atoms with Crippen LogP contribution in [0.1, 0.15) is 45.4 Å². The van der Waals surface area contributed by atoms with Crippen LogP contribution in [0.4, 0.5) is 0 Å². The van der Waals surface area contributed by atoms with Crippen LogP contribution in [0.25, 0.3) is 10.8 Å². The number of unbranched alkanes of at least 4 members (excludes halogenated alkanes) is 4. The van der Waals surface area contributed by atoms with Gasteiger partial charge in [-0.05, 0) is 67.1 Å². The number of carbonyl (C=O) groups excluding carboxylic acids is 1. The first-order valence-electron chi connectivity index (χ1n) is 9.18. The van der Waals surface area contributed by atoms with Crippen molar-refractivity contribution in [2.45, 2.75) is 45.4 Å². The molecule has 0 spiro atoms. The fourth-order valence-electron chi connectivity index (χ4n) is 2.59. The van der Waals surface area contributed by atoms with E-state index in [1.807, 2.05) is 12.1 Å². The molecule has 25 heavy (non-hydrogen) atoms. The lowest BCUT2D eigenvalue weighted by atomic mass is 10.1. The van der Waals surface area contributed by atoms with Crippen LogP contribution in [0.3, 0.4) is 0 Å². The summed E-state index contributed by atoms with van der Waals surface area (Å²) in [6, 6.07) is 12.3. The minimum Gasteiger partial charge on any atom is -0.494 e. The van der Waals surface area contributed by atoms with Gasteiger partial charge in [0.2, 0.25) is 0 Å². The highest BCUT2D eigenvalue weighted by molar-refractivity contribution is 5.85. The van der Waals surface area contributed by atoms with Crippen LogP contribution in [-0.4, -0.2) is 26.3 Å². The molecule has 0 radical (unpaired) electrons. The second-order valence-electron chi connectivity index (χ2n) is 6.10. The molecule has 136 valence electrons. The molecule has 2 rings (SSSR count). The Labute approximate surface area is 150 Å². The molecule has 4 heteroatoms. The fraction of sp³-hybridized carbons (Fsp3) is 0.476. The van der Waals surface area contributed by atoms with Crippen molar-refractivity contribution in [3.63, 3.8) is 0 Å². The lowest BCUT2D eigenvalue weighted by Crippen LogP contribution is -1.98. The van der Waals surface area contributed by atoms with E-state index in [0.717, 1.165) is 67.4 Å². The van der Waals surface area contributed by atoms with E-state index in [-0.39, 0.29) is 0 Å². The maximum atomic E-state index is 10.0. The highest BCUT2D eigenvalue weighted by Crippen LogP contribution is 2.25. The fourth-order valence-corrected chi connectivity index (χ4v) is 2.59. The van der Waals surface area contributed by atoms with E-state index in [1.54, 1.807) is 0 Å². The number of fused-ring (bicyclic) bond motifs is 1. The monoisotopic (exact) mass is 344 g/mol. The highest BCUT2D eigenvalue weighted by Gasteiger charge is 2.01. The van der Waals surface area contributed by atoms with Gasteiger partial charge >= 0.3 is 0 Å². The van der Waals surface area contributed by atoms with E-state index < -0.39 is 0 Å². The summed E-state index contributed by atoms with van der Waals surface area (Å²) in [5.41, 5.74) is 0. The van der Waals surface area contributed by atoms with Gasteiger partial charge in [-0.25, -0.2) is 0 Å². The zero-order valence-electron chi connectivity index (χ0n) is 15.0. The molecule has 0 saturated heterocycles. The van der Waals surface area contributed by atoms with Gasteiger partial charge in [0.15, 0.2) is 0 Å². The summed E-state index contributed by atoms with van der Waals surface area (Å²) >= 11 is 0. The maximum absolute atomic E-state index is 10.0. The summed E-state index contributed by atoms with van der Waals surface area (Å²) in [7, 11) is 0. The molecule has 0 aliphatic heterocycles. The van der Waals surface area contributed by atoms with Crippen molar-refractivity contribution in [2.24, 2.45) is 0 Å². The maximum Gasteiger partial charge on any atom is 0.293 e. The van der Waals surface area contributed by atoms with Crippen molar-refractivity contribution in [2.75, 3.05) is 19.8 Å². The third-order valence-corrected chi connectivity index (χ3v) is 4.04. The van der Waals surface area contributed by atoms with Gasteiger partial charge in [-0.3, -0.25) is 4.79 Å². The molecule has 0 N–H and O–H groups in total. The Hall–Kier alpha value is -2.23. The summed E-state index contributed by atoms with van der Waals surface area (Å²) in [5, 5.41) is 2.32. The van der Waals surface area contributed by atoms with Crippen LogP contribution < -0.4 is 9.47 Å². The van der Waals surface area contributed by atoms with Crippen molar-refractivity contribution in [1.29, 1.82) is 0 Å². The molecular weight excluding hydrogens is 316 g/mol. The van der Waals surface area contributed by atoms with E-state index in [1.165, 1.54) is 0 Å². The van der Waals surface area contributed by atoms with Crippen molar-refractivity contribution >= 4 is 17.2 Å². The summed E-state index contributed by atoms with van der Waals surface area (Å²) in [5.74, 6) is 1.82. The third-order valence-electron chi connectivity index (χ3n) is 4.04. The Bertz CT molecular complexity index is 639. The molecule has 0 heterocycles. The van der Waals surface area contributed by atoms with Crippen LogP contribution in [0.2, 0.25) is 0 Å². The predicted molar refractivity (Wildman–Crippen MR) is 100 cm³/mol. The van der Waals surface area contributed by atoms with E-state index in [4.69, 9.17) is 9.47 Å². The van der Waals surface area contributed by atoms with Crippen molar-refractivity contribution in [3.05, 3.63) is 36.4 Å². The second kappa shape index (κ2) is 11.3. The molecule has 2 aromatic rings. The molecule has 0 unspecified atom stereocenters. The van der Waals surface area contributed by atoms with Gasteiger partial charge in [0.1, 0.15) is 11.5 Å². The summed E-state index contributed by atoms with van der Waals surface area (Å²) in [4.78, 5) is 10.0. The SMILES string of the molecule is CCCCOc1ccc2cc(OCCCCCCOC=O)ccc2c1. The molecule has 2 aromatic carbocycles. The van der Waals surface area contributed by atoms with Crippen LogP contribution >= 0.6 is 0 Å². The summed E-state index contributed by atoms with van der Waals surface area (Å²) in [6.45, 7) is 4.65. The predicted octanol–water partition coefficient (Wildman–Crippen LogP) is 5.13. The van der Waals surface area contributed by atoms with Crippen LogP contribution in [0, 0.1) is 0 Å². The van der Waals surface area contributed by atoms with E-state index in [2.05, 4.69) is 35.9 Å². The summed E-state index contributed by atoms with van der Waals surface area (Å²) < 4.78 is 16.3. The zero-order chi connectivity index (χ0) is 17.7. The smallest absolute Gasteiger partial charge is 0.293 e. The molecule has 0 aliphatic rings. The van der Waals surface area contributed by atoms with E-state index >= 15 is 0 Å². The molecular formula is C21H28O4. The largest absolute Gasteiger partial charge is 0.494 e. The first-order chi connectivity index (χ1) is 12.3. The first kappa shape index (κ1) is 19.1. The number of ether oxygens (including phenoxy) is 3. The highest BCUT2D eigenvalue weighted by atomic mass is 16.5. The average molecular weight is 344 g/mol. The lowest BCUT2D eigenvalue weighted by molar-refractivity contribution is -0.128. The molecule has 0 saturated carbocycles. The molecule has 0 fully saturated rings. The molecule has 0 bridgehead atoms. The average Bonchev–Trinajstić information content (AvgIpc) is 2.64. The van der Waals surface area contributed by atoms with Crippen molar-refractivity contribution < 1.29 is 19.0 Å². The molecule has 0 atom stereocenters. The Kier molecular flexibility index (Phi) is 8.67. The van der Waals surface area contributed by atoms with Gasteiger partial charge in [-0.2, -0.15) is 0 Å².